The molecule has 0 unspecified atom stereocenters. The SMILES string of the molecule is Cl.O=C(Nc1ccc(C(=O)N2CCCNCC2)cc1)C1CC1. The Bertz CT molecular complexity index is 521. The van der Waals surface area contributed by atoms with Crippen LogP contribution in [0.4, 0.5) is 5.69 Å². The molecule has 1 saturated carbocycles. The lowest BCUT2D eigenvalue weighted by atomic mass is 10.1. The zero-order valence-electron chi connectivity index (χ0n) is 12.5. The second-order valence-corrected chi connectivity index (χ2v) is 5.74. The third-order valence-electron chi connectivity index (χ3n) is 3.97. The van der Waals surface area contributed by atoms with Gasteiger partial charge in [0.25, 0.3) is 5.91 Å². The molecule has 1 aliphatic carbocycles. The van der Waals surface area contributed by atoms with Crippen LogP contribution >= 0.6 is 12.4 Å². The largest absolute Gasteiger partial charge is 0.337 e. The molecule has 22 heavy (non-hydrogen) atoms. The Balaban J connectivity index is 0.00000176. The number of anilines is 1. The van der Waals surface area contributed by atoms with Crippen LogP contribution in [0.1, 0.15) is 29.6 Å². The Hall–Kier alpha value is -1.59. The van der Waals surface area contributed by atoms with Gasteiger partial charge in [-0.15, -0.1) is 12.4 Å². The zero-order chi connectivity index (χ0) is 14.7. The van der Waals surface area contributed by atoms with Gasteiger partial charge in [0.05, 0.1) is 0 Å². The van der Waals surface area contributed by atoms with Gasteiger partial charge in [0.2, 0.25) is 5.91 Å². The van der Waals surface area contributed by atoms with E-state index in [-0.39, 0.29) is 30.1 Å². The molecule has 0 spiro atoms. The van der Waals surface area contributed by atoms with E-state index in [0.29, 0.717) is 5.56 Å². The number of hydrogen-bond donors (Lipinski definition) is 2. The molecule has 0 atom stereocenters. The molecule has 2 aliphatic rings. The summed E-state index contributed by atoms with van der Waals surface area (Å²) in [6, 6.07) is 7.21. The maximum absolute atomic E-state index is 12.4. The maximum Gasteiger partial charge on any atom is 0.253 e. The first-order valence-electron chi connectivity index (χ1n) is 7.65. The number of hydrogen-bond acceptors (Lipinski definition) is 3. The van der Waals surface area contributed by atoms with Gasteiger partial charge in [0, 0.05) is 36.8 Å². The van der Waals surface area contributed by atoms with Crippen molar-refractivity contribution >= 4 is 29.9 Å². The number of halogens is 1. The summed E-state index contributed by atoms with van der Waals surface area (Å²) < 4.78 is 0. The normalized spacial score (nSPS) is 18.1. The predicted molar refractivity (Wildman–Crippen MR) is 88.4 cm³/mol. The fraction of sp³-hybridized carbons (Fsp3) is 0.500. The van der Waals surface area contributed by atoms with Crippen molar-refractivity contribution in [1.29, 1.82) is 0 Å². The Kier molecular flexibility index (Phi) is 5.80. The molecule has 2 fully saturated rings. The average Bonchev–Trinajstić information content (AvgIpc) is 3.34. The number of amides is 2. The maximum atomic E-state index is 12.4. The first-order valence-corrected chi connectivity index (χ1v) is 7.65. The van der Waals surface area contributed by atoms with Gasteiger partial charge in [-0.05, 0) is 50.1 Å². The van der Waals surface area contributed by atoms with Gasteiger partial charge >= 0.3 is 0 Å². The second kappa shape index (κ2) is 7.61. The molecule has 1 aliphatic heterocycles. The summed E-state index contributed by atoms with van der Waals surface area (Å²) in [5, 5.41) is 6.18. The molecule has 6 heteroatoms. The van der Waals surface area contributed by atoms with Crippen LogP contribution in [0.5, 0.6) is 0 Å². The Morgan fingerprint density at radius 1 is 1.09 bits per heavy atom. The van der Waals surface area contributed by atoms with Crippen molar-refractivity contribution in [3.8, 4) is 0 Å². The molecule has 120 valence electrons. The van der Waals surface area contributed by atoms with Gasteiger partial charge in [-0.1, -0.05) is 0 Å². The van der Waals surface area contributed by atoms with E-state index in [1.807, 2.05) is 17.0 Å². The van der Waals surface area contributed by atoms with Crippen LogP contribution in [0.3, 0.4) is 0 Å². The summed E-state index contributed by atoms with van der Waals surface area (Å²) in [7, 11) is 0. The molecule has 1 aromatic rings. The van der Waals surface area contributed by atoms with Gasteiger partial charge in [0.1, 0.15) is 0 Å². The first kappa shape index (κ1) is 16.8. The molecule has 0 aromatic heterocycles. The number of benzene rings is 1. The van der Waals surface area contributed by atoms with Gasteiger partial charge in [-0.25, -0.2) is 0 Å². The highest BCUT2D eigenvalue weighted by molar-refractivity contribution is 5.96. The molecule has 3 rings (SSSR count). The molecule has 0 bridgehead atoms. The fourth-order valence-electron chi connectivity index (χ4n) is 2.52. The van der Waals surface area contributed by atoms with Crippen LogP contribution in [0.15, 0.2) is 24.3 Å². The molecule has 1 saturated heterocycles. The van der Waals surface area contributed by atoms with Crippen molar-refractivity contribution in [2.75, 3.05) is 31.5 Å². The van der Waals surface area contributed by atoms with Gasteiger partial charge in [-0.3, -0.25) is 9.59 Å². The lowest BCUT2D eigenvalue weighted by Gasteiger charge is -2.20. The Morgan fingerprint density at radius 2 is 1.82 bits per heavy atom. The van der Waals surface area contributed by atoms with Crippen LogP contribution in [0, 0.1) is 5.92 Å². The molecule has 1 heterocycles. The molecule has 2 amide bonds. The van der Waals surface area contributed by atoms with Crippen LogP contribution in [0.2, 0.25) is 0 Å². The monoisotopic (exact) mass is 323 g/mol. The van der Waals surface area contributed by atoms with Crippen LogP contribution < -0.4 is 10.6 Å². The van der Waals surface area contributed by atoms with E-state index in [0.717, 1.165) is 51.1 Å². The zero-order valence-corrected chi connectivity index (χ0v) is 13.3. The molecule has 0 radical (unpaired) electrons. The van der Waals surface area contributed by atoms with Crippen molar-refractivity contribution < 1.29 is 9.59 Å². The van der Waals surface area contributed by atoms with E-state index in [2.05, 4.69) is 10.6 Å². The van der Waals surface area contributed by atoms with E-state index in [9.17, 15) is 9.59 Å². The first-order chi connectivity index (χ1) is 10.2. The van der Waals surface area contributed by atoms with E-state index in [1.165, 1.54) is 0 Å². The Morgan fingerprint density at radius 3 is 2.50 bits per heavy atom. The standard InChI is InChI=1S/C16H21N3O2.ClH/c20-15(12-2-3-12)18-14-6-4-13(5-7-14)16(21)19-10-1-8-17-9-11-19;/h4-7,12,17H,1-3,8-11H2,(H,18,20);1H. The van der Waals surface area contributed by atoms with Crippen molar-refractivity contribution in [1.82, 2.24) is 10.2 Å². The van der Waals surface area contributed by atoms with Crippen LogP contribution in [0.25, 0.3) is 0 Å². The molecule has 1 aromatic carbocycles. The summed E-state index contributed by atoms with van der Waals surface area (Å²) in [5.74, 6) is 0.349. The predicted octanol–water partition coefficient (Wildman–Crippen LogP) is 1.89. The van der Waals surface area contributed by atoms with Crippen LogP contribution in [-0.2, 0) is 4.79 Å². The highest BCUT2D eigenvalue weighted by Gasteiger charge is 2.29. The molecular formula is C16H22ClN3O2. The number of nitrogens with zero attached hydrogens (tertiary/aromatic N) is 1. The quantitative estimate of drug-likeness (QED) is 0.893. The molecular weight excluding hydrogens is 302 g/mol. The number of rotatable bonds is 3. The van der Waals surface area contributed by atoms with Gasteiger partial charge in [0.15, 0.2) is 0 Å². The smallest absolute Gasteiger partial charge is 0.253 e. The molecule has 5 nitrogen and oxygen atoms in total. The minimum absolute atomic E-state index is 0. The topological polar surface area (TPSA) is 61.4 Å². The fourth-order valence-corrected chi connectivity index (χ4v) is 2.52. The average molecular weight is 324 g/mol. The van der Waals surface area contributed by atoms with Crippen molar-refractivity contribution in [2.24, 2.45) is 5.92 Å². The summed E-state index contributed by atoms with van der Waals surface area (Å²) in [6.07, 6.45) is 2.97. The lowest BCUT2D eigenvalue weighted by Crippen LogP contribution is -2.34. The summed E-state index contributed by atoms with van der Waals surface area (Å²) >= 11 is 0. The van der Waals surface area contributed by atoms with Gasteiger partial charge < -0.3 is 15.5 Å². The van der Waals surface area contributed by atoms with E-state index in [1.54, 1.807) is 12.1 Å². The van der Waals surface area contributed by atoms with E-state index in [4.69, 9.17) is 0 Å². The van der Waals surface area contributed by atoms with Crippen molar-refractivity contribution in [2.45, 2.75) is 19.3 Å². The second-order valence-electron chi connectivity index (χ2n) is 5.74. The summed E-state index contributed by atoms with van der Waals surface area (Å²) in [6.45, 7) is 3.36. The third-order valence-corrected chi connectivity index (χ3v) is 3.97. The van der Waals surface area contributed by atoms with E-state index >= 15 is 0 Å². The van der Waals surface area contributed by atoms with E-state index < -0.39 is 0 Å². The number of carbonyl (C=O) groups is 2. The number of nitrogens with one attached hydrogen (secondary N) is 2. The highest BCUT2D eigenvalue weighted by atomic mass is 35.5. The highest BCUT2D eigenvalue weighted by Crippen LogP contribution is 2.30. The molecule has 2 N–H and O–H groups in total. The van der Waals surface area contributed by atoms with Gasteiger partial charge in [-0.2, -0.15) is 0 Å². The number of carbonyl (C=O) groups excluding carboxylic acids is 2. The van der Waals surface area contributed by atoms with Crippen LogP contribution in [-0.4, -0.2) is 42.9 Å². The summed E-state index contributed by atoms with van der Waals surface area (Å²) in [4.78, 5) is 26.0. The summed E-state index contributed by atoms with van der Waals surface area (Å²) in [5.41, 5.74) is 1.45. The lowest BCUT2D eigenvalue weighted by molar-refractivity contribution is -0.117. The third kappa shape index (κ3) is 4.21. The minimum atomic E-state index is 0. The Labute approximate surface area is 136 Å². The minimum Gasteiger partial charge on any atom is -0.337 e. The van der Waals surface area contributed by atoms with Crippen molar-refractivity contribution in [3.63, 3.8) is 0 Å². The van der Waals surface area contributed by atoms with Crippen molar-refractivity contribution in [3.05, 3.63) is 29.8 Å².